The number of carbonyl (C=O) groups excluding carboxylic acids is 1. The normalized spacial score (nSPS) is 12.7. The molecule has 156 valence electrons. The molecule has 0 radical (unpaired) electrons. The summed E-state index contributed by atoms with van der Waals surface area (Å²) in [5.74, 6) is 1.34. The second-order valence-electron chi connectivity index (χ2n) is 7.41. The van der Waals surface area contributed by atoms with E-state index in [0.717, 1.165) is 27.3 Å². The quantitative estimate of drug-likeness (QED) is 0.604. The van der Waals surface area contributed by atoms with E-state index in [1.165, 1.54) is 0 Å². The van der Waals surface area contributed by atoms with Gasteiger partial charge < -0.3 is 19.7 Å². The van der Waals surface area contributed by atoms with Crippen LogP contribution in [0.1, 0.15) is 22.7 Å². The van der Waals surface area contributed by atoms with Gasteiger partial charge in [0.2, 0.25) is 0 Å². The summed E-state index contributed by atoms with van der Waals surface area (Å²) in [5, 5.41) is 3.07. The number of methoxy groups -OCH3 is 2. The lowest BCUT2D eigenvalue weighted by Crippen LogP contribution is -3.09. The van der Waals surface area contributed by atoms with Crippen LogP contribution in [0.25, 0.3) is 0 Å². The van der Waals surface area contributed by atoms with E-state index in [0.29, 0.717) is 18.0 Å². The van der Waals surface area contributed by atoms with Crippen LogP contribution in [0.5, 0.6) is 11.5 Å². The number of hydrogen-bond donors (Lipinski definition) is 2. The minimum Gasteiger partial charge on any atom is -0.493 e. The first-order valence-electron chi connectivity index (χ1n) is 9.97. The zero-order valence-corrected chi connectivity index (χ0v) is 17.9. The number of ether oxygens (including phenoxy) is 2. The highest BCUT2D eigenvalue weighted by Gasteiger charge is 2.29. The van der Waals surface area contributed by atoms with Crippen molar-refractivity contribution in [2.45, 2.75) is 19.5 Å². The Balaban J connectivity index is 1.84. The topological polar surface area (TPSA) is 52.0 Å². The molecule has 1 amide bonds. The average molecular weight is 406 g/mol. The van der Waals surface area contributed by atoms with Crippen LogP contribution in [0, 0.1) is 6.92 Å². The lowest BCUT2D eigenvalue weighted by Gasteiger charge is -2.25. The summed E-state index contributed by atoms with van der Waals surface area (Å²) in [5.41, 5.74) is 3.99. The van der Waals surface area contributed by atoms with Crippen LogP contribution in [-0.2, 0) is 11.3 Å². The third kappa shape index (κ3) is 5.19. The van der Waals surface area contributed by atoms with Crippen molar-refractivity contribution in [3.8, 4) is 11.5 Å². The van der Waals surface area contributed by atoms with Crippen LogP contribution in [0.2, 0.25) is 0 Å². The summed E-state index contributed by atoms with van der Waals surface area (Å²) in [6, 6.07) is 23.2. The molecule has 3 aromatic carbocycles. The fourth-order valence-corrected chi connectivity index (χ4v) is 3.57. The maximum absolute atomic E-state index is 13.3. The molecule has 2 N–H and O–H groups in total. The highest BCUT2D eigenvalue weighted by Crippen LogP contribution is 2.27. The Labute approximate surface area is 178 Å². The van der Waals surface area contributed by atoms with Gasteiger partial charge in [-0.25, -0.2) is 0 Å². The molecule has 30 heavy (non-hydrogen) atoms. The molecule has 5 heteroatoms. The van der Waals surface area contributed by atoms with Crippen LogP contribution in [0.15, 0.2) is 72.8 Å². The van der Waals surface area contributed by atoms with Crippen molar-refractivity contribution >= 4 is 11.6 Å². The van der Waals surface area contributed by atoms with Gasteiger partial charge in [0.05, 0.1) is 21.3 Å². The second kappa shape index (κ2) is 9.94. The second-order valence-corrected chi connectivity index (χ2v) is 7.41. The number of aryl methyl sites for hydroxylation is 1. The van der Waals surface area contributed by atoms with E-state index in [-0.39, 0.29) is 11.9 Å². The Morgan fingerprint density at radius 3 is 2.23 bits per heavy atom. The van der Waals surface area contributed by atoms with E-state index in [9.17, 15) is 4.79 Å². The number of anilines is 1. The number of quaternary nitrogens is 1. The number of likely N-dealkylation sites (N-methyl/N-ethyl adjacent to an activating group) is 1. The Kier molecular flexibility index (Phi) is 7.09. The molecule has 0 bridgehead atoms. The van der Waals surface area contributed by atoms with Gasteiger partial charge in [-0.1, -0.05) is 48.0 Å². The van der Waals surface area contributed by atoms with Crippen LogP contribution in [0.3, 0.4) is 0 Å². The molecule has 0 aliphatic rings. The first-order valence-corrected chi connectivity index (χ1v) is 9.97. The van der Waals surface area contributed by atoms with E-state index in [2.05, 4.69) is 5.32 Å². The number of hydrogen-bond acceptors (Lipinski definition) is 3. The van der Waals surface area contributed by atoms with Gasteiger partial charge in [0.25, 0.3) is 5.91 Å². The van der Waals surface area contributed by atoms with E-state index < -0.39 is 0 Å². The molecule has 0 saturated heterocycles. The van der Waals surface area contributed by atoms with Gasteiger partial charge in [-0.05, 0) is 37.3 Å². The fraction of sp³-hybridized carbons (Fsp3) is 0.240. The van der Waals surface area contributed by atoms with Crippen molar-refractivity contribution < 1.29 is 19.2 Å². The van der Waals surface area contributed by atoms with E-state index in [1.54, 1.807) is 14.2 Å². The minimum atomic E-state index is -0.361. The monoisotopic (exact) mass is 405 g/mol. The average Bonchev–Trinajstić information content (AvgIpc) is 2.76. The number of carbonyl (C=O) groups is 1. The Morgan fingerprint density at radius 2 is 1.60 bits per heavy atom. The van der Waals surface area contributed by atoms with E-state index in [4.69, 9.17) is 9.47 Å². The van der Waals surface area contributed by atoms with Gasteiger partial charge in [0, 0.05) is 16.8 Å². The van der Waals surface area contributed by atoms with Crippen LogP contribution in [0.4, 0.5) is 5.69 Å². The molecule has 5 nitrogen and oxygen atoms in total. The molecule has 0 saturated carbocycles. The standard InChI is InChI=1S/C25H28N2O3/c1-18-10-13-21(14-11-18)26-25(28)24(20-8-6-5-7-9-20)27(2)17-19-12-15-22(29-3)23(16-19)30-4/h5-16,24H,17H2,1-4H3,(H,26,28)/p+1/t24-/m0/s1. The van der Waals surface area contributed by atoms with Crippen molar-refractivity contribution in [1.82, 2.24) is 0 Å². The molecule has 0 spiro atoms. The van der Waals surface area contributed by atoms with Crippen molar-refractivity contribution in [2.24, 2.45) is 0 Å². The Hall–Kier alpha value is -3.31. The third-order valence-electron chi connectivity index (χ3n) is 5.14. The largest absolute Gasteiger partial charge is 0.493 e. The molecular formula is C25H29N2O3+. The zero-order chi connectivity index (χ0) is 21.5. The van der Waals surface area contributed by atoms with Gasteiger partial charge in [0.15, 0.2) is 17.5 Å². The van der Waals surface area contributed by atoms with Crippen LogP contribution in [-0.4, -0.2) is 27.2 Å². The predicted octanol–water partition coefficient (Wildman–Crippen LogP) is 3.41. The molecule has 3 rings (SSSR count). The molecule has 2 atom stereocenters. The molecule has 0 heterocycles. The third-order valence-corrected chi connectivity index (χ3v) is 5.14. The van der Waals surface area contributed by atoms with Crippen molar-refractivity contribution in [2.75, 3.05) is 26.6 Å². The molecule has 0 fully saturated rings. The van der Waals surface area contributed by atoms with Crippen LogP contribution >= 0.6 is 0 Å². The molecule has 3 aromatic rings. The summed E-state index contributed by atoms with van der Waals surface area (Å²) >= 11 is 0. The summed E-state index contributed by atoms with van der Waals surface area (Å²) in [6.45, 7) is 2.68. The first-order chi connectivity index (χ1) is 14.5. The molecule has 0 aliphatic carbocycles. The maximum atomic E-state index is 13.3. The summed E-state index contributed by atoms with van der Waals surface area (Å²) in [4.78, 5) is 14.3. The SMILES string of the molecule is COc1ccc(C[NH+](C)[C@H](C(=O)Nc2ccc(C)cc2)c2ccccc2)cc1OC. The Morgan fingerprint density at radius 1 is 0.933 bits per heavy atom. The summed E-state index contributed by atoms with van der Waals surface area (Å²) < 4.78 is 10.8. The number of amides is 1. The van der Waals surface area contributed by atoms with Crippen LogP contribution < -0.4 is 19.7 Å². The van der Waals surface area contributed by atoms with Gasteiger partial charge in [-0.3, -0.25) is 4.79 Å². The van der Waals surface area contributed by atoms with E-state index in [1.807, 2.05) is 86.8 Å². The highest BCUT2D eigenvalue weighted by atomic mass is 16.5. The zero-order valence-electron chi connectivity index (χ0n) is 17.9. The smallest absolute Gasteiger partial charge is 0.287 e. The highest BCUT2D eigenvalue weighted by molar-refractivity contribution is 5.94. The lowest BCUT2D eigenvalue weighted by atomic mass is 10.0. The van der Waals surface area contributed by atoms with Crippen molar-refractivity contribution in [3.63, 3.8) is 0 Å². The molecule has 0 aliphatic heterocycles. The van der Waals surface area contributed by atoms with Gasteiger partial charge in [-0.2, -0.15) is 0 Å². The predicted molar refractivity (Wildman–Crippen MR) is 119 cm³/mol. The summed E-state index contributed by atoms with van der Waals surface area (Å²) in [7, 11) is 5.28. The Bertz CT molecular complexity index is 971. The van der Waals surface area contributed by atoms with E-state index >= 15 is 0 Å². The maximum Gasteiger partial charge on any atom is 0.287 e. The fourth-order valence-electron chi connectivity index (χ4n) is 3.57. The molecule has 0 aromatic heterocycles. The first kappa shape index (κ1) is 21.4. The lowest BCUT2D eigenvalue weighted by molar-refractivity contribution is -0.915. The molecule has 1 unspecified atom stereocenters. The minimum absolute atomic E-state index is 0.0389. The molecular weight excluding hydrogens is 376 g/mol. The number of nitrogens with one attached hydrogen (secondary N) is 2. The summed E-state index contributed by atoms with van der Waals surface area (Å²) in [6.07, 6.45) is 0. The van der Waals surface area contributed by atoms with Gasteiger partial charge >= 0.3 is 0 Å². The number of rotatable bonds is 8. The van der Waals surface area contributed by atoms with Gasteiger partial charge in [0.1, 0.15) is 6.54 Å². The number of benzene rings is 3. The van der Waals surface area contributed by atoms with Crippen molar-refractivity contribution in [3.05, 3.63) is 89.5 Å². The van der Waals surface area contributed by atoms with Gasteiger partial charge in [-0.15, -0.1) is 0 Å². The van der Waals surface area contributed by atoms with Crippen molar-refractivity contribution in [1.29, 1.82) is 0 Å².